The molecule has 0 aromatic rings. The minimum atomic E-state index is -0.646. The summed E-state index contributed by atoms with van der Waals surface area (Å²) >= 11 is 0. The number of carboxylic acid groups (broad SMARTS) is 1. The summed E-state index contributed by atoms with van der Waals surface area (Å²) in [4.78, 5) is 12.4. The van der Waals surface area contributed by atoms with Crippen molar-refractivity contribution in [3.63, 3.8) is 0 Å². The highest BCUT2D eigenvalue weighted by atomic mass is 16.4. The van der Waals surface area contributed by atoms with Crippen molar-refractivity contribution < 1.29 is 15.0 Å². The Labute approximate surface area is 146 Å². The van der Waals surface area contributed by atoms with E-state index in [1.54, 1.807) is 0 Å². The standard InChI is InChI=1S/C21H34O3/c1-13(22)16-8-9-18-15-7-6-14-5-3-4-11-20(14,2)17(15)10-12-21(16,18)19(23)24/h13-18,22H,3-12H2,1-2H3,(H,23,24)/t13?,14-,15-,16-,17+,18+,20+,21+/m1/s1. The predicted molar refractivity (Wildman–Crippen MR) is 93.5 cm³/mol. The van der Waals surface area contributed by atoms with E-state index in [9.17, 15) is 15.0 Å². The Balaban J connectivity index is 1.68. The molecule has 0 saturated heterocycles. The van der Waals surface area contributed by atoms with Gasteiger partial charge < -0.3 is 10.2 Å². The van der Waals surface area contributed by atoms with Crippen molar-refractivity contribution >= 4 is 5.97 Å². The molecule has 0 heterocycles. The first-order valence-electron chi connectivity index (χ1n) is 10.3. The smallest absolute Gasteiger partial charge is 0.310 e. The molecule has 0 aliphatic heterocycles. The lowest BCUT2D eigenvalue weighted by Crippen LogP contribution is -2.56. The molecule has 136 valence electrons. The highest BCUT2D eigenvalue weighted by molar-refractivity contribution is 5.76. The third kappa shape index (κ3) is 2.09. The van der Waals surface area contributed by atoms with Gasteiger partial charge in [-0.1, -0.05) is 19.8 Å². The first-order chi connectivity index (χ1) is 11.4. The first kappa shape index (κ1) is 16.9. The monoisotopic (exact) mass is 334 g/mol. The van der Waals surface area contributed by atoms with Crippen LogP contribution in [-0.2, 0) is 4.79 Å². The fourth-order valence-electron chi connectivity index (χ4n) is 8.11. The van der Waals surface area contributed by atoms with Crippen LogP contribution in [0.3, 0.4) is 0 Å². The van der Waals surface area contributed by atoms with Crippen LogP contribution in [0.5, 0.6) is 0 Å². The SMILES string of the molecule is CC(O)[C@H]1CC[C@H]2[C@@H]3CC[C@H]4CCCC[C@]4(C)[C@H]3CC[C@]12C(=O)O. The van der Waals surface area contributed by atoms with Crippen molar-refractivity contribution in [1.29, 1.82) is 0 Å². The molecule has 8 atom stereocenters. The summed E-state index contributed by atoms with van der Waals surface area (Å²) in [6.07, 6.45) is 11.3. The van der Waals surface area contributed by atoms with Gasteiger partial charge in [0.15, 0.2) is 0 Å². The Morgan fingerprint density at radius 1 is 1.00 bits per heavy atom. The molecule has 1 unspecified atom stereocenters. The molecule has 4 saturated carbocycles. The summed E-state index contributed by atoms with van der Waals surface area (Å²) in [7, 11) is 0. The molecule has 0 bridgehead atoms. The van der Waals surface area contributed by atoms with Gasteiger partial charge in [0.2, 0.25) is 0 Å². The lowest BCUT2D eigenvalue weighted by molar-refractivity contribution is -0.175. The van der Waals surface area contributed by atoms with Gasteiger partial charge in [0, 0.05) is 5.92 Å². The molecule has 0 aromatic heterocycles. The molecular formula is C21H34O3. The minimum absolute atomic E-state index is 0.0437. The quantitative estimate of drug-likeness (QED) is 0.783. The molecule has 4 rings (SSSR count). The van der Waals surface area contributed by atoms with Crippen LogP contribution < -0.4 is 0 Å². The second kappa shape index (κ2) is 5.72. The van der Waals surface area contributed by atoms with E-state index in [1.807, 2.05) is 6.92 Å². The number of fused-ring (bicyclic) bond motifs is 5. The van der Waals surface area contributed by atoms with E-state index in [0.717, 1.165) is 37.5 Å². The predicted octanol–water partition coefficient (Wildman–Crippen LogP) is 4.48. The van der Waals surface area contributed by atoms with Crippen LogP contribution in [-0.4, -0.2) is 22.3 Å². The van der Waals surface area contributed by atoms with Crippen LogP contribution in [0.1, 0.15) is 78.1 Å². The number of aliphatic hydroxyl groups is 1. The van der Waals surface area contributed by atoms with Crippen molar-refractivity contribution in [2.75, 3.05) is 0 Å². The Kier molecular flexibility index (Phi) is 4.02. The number of carbonyl (C=O) groups is 1. The lowest BCUT2D eigenvalue weighted by atomic mass is 9.44. The molecule has 0 radical (unpaired) electrons. The van der Waals surface area contributed by atoms with E-state index in [4.69, 9.17) is 0 Å². The zero-order valence-electron chi connectivity index (χ0n) is 15.3. The molecule has 24 heavy (non-hydrogen) atoms. The zero-order chi connectivity index (χ0) is 17.1. The van der Waals surface area contributed by atoms with Gasteiger partial charge in [-0.25, -0.2) is 0 Å². The van der Waals surface area contributed by atoms with Crippen molar-refractivity contribution in [2.45, 2.75) is 84.2 Å². The summed E-state index contributed by atoms with van der Waals surface area (Å²) < 4.78 is 0. The van der Waals surface area contributed by atoms with Crippen molar-refractivity contribution in [3.8, 4) is 0 Å². The van der Waals surface area contributed by atoms with E-state index in [-0.39, 0.29) is 5.92 Å². The van der Waals surface area contributed by atoms with Gasteiger partial charge >= 0.3 is 5.97 Å². The van der Waals surface area contributed by atoms with Crippen molar-refractivity contribution in [2.24, 2.45) is 40.4 Å². The Morgan fingerprint density at radius 3 is 2.50 bits per heavy atom. The summed E-state index contributed by atoms with van der Waals surface area (Å²) in [5.41, 5.74) is -0.193. The highest BCUT2D eigenvalue weighted by Gasteiger charge is 2.65. The van der Waals surface area contributed by atoms with Gasteiger partial charge in [0.1, 0.15) is 0 Å². The van der Waals surface area contributed by atoms with Crippen LogP contribution >= 0.6 is 0 Å². The van der Waals surface area contributed by atoms with E-state index < -0.39 is 17.5 Å². The second-order valence-corrected chi connectivity index (χ2v) is 9.71. The average molecular weight is 335 g/mol. The fraction of sp³-hybridized carbons (Fsp3) is 0.952. The van der Waals surface area contributed by atoms with Crippen LogP contribution in [0.4, 0.5) is 0 Å². The number of carboxylic acids is 1. The maximum Gasteiger partial charge on any atom is 0.310 e. The molecule has 3 nitrogen and oxygen atoms in total. The molecule has 0 aromatic carbocycles. The number of hydrogen-bond donors (Lipinski definition) is 2. The molecular weight excluding hydrogens is 300 g/mol. The molecule has 0 amide bonds. The topological polar surface area (TPSA) is 57.5 Å². The molecule has 0 spiro atoms. The first-order valence-corrected chi connectivity index (χ1v) is 10.3. The van der Waals surface area contributed by atoms with Gasteiger partial charge in [-0.2, -0.15) is 0 Å². The minimum Gasteiger partial charge on any atom is -0.481 e. The fourth-order valence-corrected chi connectivity index (χ4v) is 8.11. The van der Waals surface area contributed by atoms with Crippen molar-refractivity contribution in [3.05, 3.63) is 0 Å². The highest BCUT2D eigenvalue weighted by Crippen LogP contribution is 2.67. The molecule has 2 N–H and O–H groups in total. The van der Waals surface area contributed by atoms with Gasteiger partial charge in [-0.15, -0.1) is 0 Å². The molecule has 4 aliphatic carbocycles. The number of rotatable bonds is 2. The number of aliphatic hydroxyl groups excluding tert-OH is 1. The summed E-state index contributed by atoms with van der Waals surface area (Å²) in [6, 6.07) is 0. The van der Waals surface area contributed by atoms with Crippen LogP contribution in [0, 0.1) is 40.4 Å². The van der Waals surface area contributed by atoms with Crippen LogP contribution in [0.2, 0.25) is 0 Å². The van der Waals surface area contributed by atoms with Crippen molar-refractivity contribution in [1.82, 2.24) is 0 Å². The third-order valence-electron chi connectivity index (χ3n) is 9.14. The van der Waals surface area contributed by atoms with Gasteiger partial charge in [0.05, 0.1) is 11.5 Å². The van der Waals surface area contributed by atoms with E-state index in [1.165, 1.54) is 38.5 Å². The molecule has 3 heteroatoms. The molecule has 4 aliphatic rings. The van der Waals surface area contributed by atoms with Gasteiger partial charge in [-0.3, -0.25) is 4.79 Å². The largest absolute Gasteiger partial charge is 0.481 e. The second-order valence-electron chi connectivity index (χ2n) is 9.71. The van der Waals surface area contributed by atoms with Crippen LogP contribution in [0.25, 0.3) is 0 Å². The summed E-state index contributed by atoms with van der Waals surface area (Å²) in [5.74, 6) is 1.81. The van der Waals surface area contributed by atoms with E-state index >= 15 is 0 Å². The molecule has 4 fully saturated rings. The Bertz CT molecular complexity index is 515. The Morgan fingerprint density at radius 2 is 1.79 bits per heavy atom. The average Bonchev–Trinajstić information content (AvgIpc) is 2.95. The summed E-state index contributed by atoms with van der Waals surface area (Å²) in [5, 5.41) is 20.5. The maximum atomic E-state index is 12.4. The maximum absolute atomic E-state index is 12.4. The Hall–Kier alpha value is -0.570. The van der Waals surface area contributed by atoms with E-state index in [2.05, 4.69) is 6.92 Å². The number of hydrogen-bond acceptors (Lipinski definition) is 2. The zero-order valence-corrected chi connectivity index (χ0v) is 15.3. The lowest BCUT2D eigenvalue weighted by Gasteiger charge is -2.60. The van der Waals surface area contributed by atoms with Gasteiger partial charge in [0.25, 0.3) is 0 Å². The van der Waals surface area contributed by atoms with E-state index in [0.29, 0.717) is 17.3 Å². The normalized spacial score (nSPS) is 52.0. The van der Waals surface area contributed by atoms with Crippen LogP contribution in [0.15, 0.2) is 0 Å². The third-order valence-corrected chi connectivity index (χ3v) is 9.14. The number of aliphatic carboxylic acids is 1. The summed E-state index contributed by atoms with van der Waals surface area (Å²) in [6.45, 7) is 4.34. The van der Waals surface area contributed by atoms with Gasteiger partial charge in [-0.05, 0) is 87.4 Å².